The average Bonchev–Trinajstić information content (AvgIpc) is 2.81. The summed E-state index contributed by atoms with van der Waals surface area (Å²) in [5.41, 5.74) is 10.6. The van der Waals surface area contributed by atoms with Gasteiger partial charge in [-0.1, -0.05) is 72.3 Å². The molecule has 0 saturated carbocycles. The Kier molecular flexibility index (Phi) is 8.58. The lowest BCUT2D eigenvalue weighted by molar-refractivity contribution is -0.126. The Morgan fingerprint density at radius 1 is 0.844 bits per heavy atom. The molecule has 0 unspecified atom stereocenters. The van der Waals surface area contributed by atoms with E-state index in [9.17, 15) is 9.59 Å². The summed E-state index contributed by atoms with van der Waals surface area (Å²) >= 11 is 0. The Morgan fingerprint density at radius 3 is 2.16 bits per heavy atom. The van der Waals surface area contributed by atoms with Gasteiger partial charge in [0.2, 0.25) is 11.8 Å². The zero-order chi connectivity index (χ0) is 22.8. The molecule has 0 saturated heterocycles. The van der Waals surface area contributed by atoms with Gasteiger partial charge in [0.1, 0.15) is 6.04 Å². The van der Waals surface area contributed by atoms with E-state index in [1.165, 1.54) is 0 Å². The van der Waals surface area contributed by atoms with Crippen LogP contribution in [0.3, 0.4) is 0 Å². The average molecular weight is 430 g/mol. The maximum atomic E-state index is 12.8. The number of unbranched alkanes of at least 4 members (excludes halogenated alkanes) is 1. The van der Waals surface area contributed by atoms with Crippen molar-refractivity contribution >= 4 is 17.5 Å². The van der Waals surface area contributed by atoms with Crippen molar-refractivity contribution in [3.8, 4) is 11.1 Å². The zero-order valence-corrected chi connectivity index (χ0v) is 18.5. The summed E-state index contributed by atoms with van der Waals surface area (Å²) in [4.78, 5) is 25.5. The Bertz CT molecular complexity index is 999. The van der Waals surface area contributed by atoms with Crippen LogP contribution in [0.4, 0.5) is 5.69 Å². The van der Waals surface area contributed by atoms with Gasteiger partial charge in [-0.2, -0.15) is 0 Å². The molecule has 0 heterocycles. The van der Waals surface area contributed by atoms with Gasteiger partial charge in [0.15, 0.2) is 0 Å². The summed E-state index contributed by atoms with van der Waals surface area (Å²) in [6, 6.07) is 25.1. The van der Waals surface area contributed by atoms with E-state index in [0.717, 1.165) is 40.8 Å². The van der Waals surface area contributed by atoms with Crippen molar-refractivity contribution in [3.63, 3.8) is 0 Å². The Morgan fingerprint density at radius 2 is 1.50 bits per heavy atom. The summed E-state index contributed by atoms with van der Waals surface area (Å²) in [5.74, 6) is -0.382. The number of amides is 2. The van der Waals surface area contributed by atoms with Crippen LogP contribution in [-0.4, -0.2) is 24.4 Å². The first-order chi connectivity index (χ1) is 15.5. The minimum Gasteiger partial charge on any atom is -0.344 e. The molecule has 32 heavy (non-hydrogen) atoms. The Hall–Kier alpha value is -3.44. The molecule has 0 fully saturated rings. The number of hydrogen-bond acceptors (Lipinski definition) is 3. The number of nitrogens with one attached hydrogen (secondary N) is 2. The molecule has 2 amide bonds. The standard InChI is InChI=1S/C27H31N3O2/c1-20-10-16-24(17-11-20)29-27(32)25(9-5-6-18-28)30-26(31)19-21-12-14-23(15-13-21)22-7-3-2-4-8-22/h2-4,7-8,10-17,25H,5-6,9,18-19,28H2,1H3,(H,29,32)(H,30,31)/t25-/m0/s1. The smallest absolute Gasteiger partial charge is 0.246 e. The Labute approximate surface area is 190 Å². The number of nitrogens with two attached hydrogens (primary N) is 1. The summed E-state index contributed by atoms with van der Waals surface area (Å²) in [6.45, 7) is 2.56. The number of hydrogen-bond donors (Lipinski definition) is 3. The normalized spacial score (nSPS) is 11.6. The summed E-state index contributed by atoms with van der Waals surface area (Å²) in [5, 5.41) is 5.82. The number of benzene rings is 3. The van der Waals surface area contributed by atoms with Gasteiger partial charge in [0.05, 0.1) is 6.42 Å². The van der Waals surface area contributed by atoms with Crippen LogP contribution in [0.1, 0.15) is 30.4 Å². The molecule has 0 spiro atoms. The third-order valence-corrected chi connectivity index (χ3v) is 5.34. The minimum absolute atomic E-state index is 0.172. The molecule has 0 aliphatic carbocycles. The summed E-state index contributed by atoms with van der Waals surface area (Å²) in [6.07, 6.45) is 2.35. The maximum absolute atomic E-state index is 12.8. The van der Waals surface area contributed by atoms with E-state index in [-0.39, 0.29) is 18.2 Å². The molecule has 5 heteroatoms. The lowest BCUT2D eigenvalue weighted by Gasteiger charge is -2.19. The minimum atomic E-state index is -0.598. The van der Waals surface area contributed by atoms with Crippen molar-refractivity contribution in [1.29, 1.82) is 0 Å². The lowest BCUT2D eigenvalue weighted by Crippen LogP contribution is -2.44. The zero-order valence-electron chi connectivity index (χ0n) is 18.5. The van der Waals surface area contributed by atoms with Crippen molar-refractivity contribution in [1.82, 2.24) is 5.32 Å². The highest BCUT2D eigenvalue weighted by molar-refractivity contribution is 5.97. The molecule has 3 aromatic carbocycles. The molecule has 4 N–H and O–H groups in total. The third-order valence-electron chi connectivity index (χ3n) is 5.34. The van der Waals surface area contributed by atoms with Gasteiger partial charge in [-0.15, -0.1) is 0 Å². The second kappa shape index (κ2) is 11.8. The van der Waals surface area contributed by atoms with E-state index < -0.39 is 6.04 Å². The molecule has 166 valence electrons. The van der Waals surface area contributed by atoms with E-state index in [4.69, 9.17) is 5.73 Å². The molecule has 0 aliphatic rings. The van der Waals surface area contributed by atoms with Crippen LogP contribution in [0.5, 0.6) is 0 Å². The molecule has 0 aromatic heterocycles. The van der Waals surface area contributed by atoms with E-state index in [1.54, 1.807) is 0 Å². The highest BCUT2D eigenvalue weighted by Crippen LogP contribution is 2.19. The lowest BCUT2D eigenvalue weighted by atomic mass is 10.0. The maximum Gasteiger partial charge on any atom is 0.246 e. The predicted octanol–water partition coefficient (Wildman–Crippen LogP) is 4.46. The van der Waals surface area contributed by atoms with Crippen molar-refractivity contribution in [2.45, 2.75) is 38.6 Å². The first-order valence-electron chi connectivity index (χ1n) is 11.1. The summed E-state index contributed by atoms with van der Waals surface area (Å²) < 4.78 is 0. The third kappa shape index (κ3) is 7.06. The van der Waals surface area contributed by atoms with Gasteiger partial charge in [-0.3, -0.25) is 9.59 Å². The van der Waals surface area contributed by atoms with Gasteiger partial charge in [-0.25, -0.2) is 0 Å². The van der Waals surface area contributed by atoms with Crippen molar-refractivity contribution < 1.29 is 9.59 Å². The number of anilines is 1. The van der Waals surface area contributed by atoms with Crippen LogP contribution in [-0.2, 0) is 16.0 Å². The SMILES string of the molecule is Cc1ccc(NC(=O)[C@H](CCCCN)NC(=O)Cc2ccc(-c3ccccc3)cc2)cc1. The molecule has 3 rings (SSSR count). The van der Waals surface area contributed by atoms with Gasteiger partial charge < -0.3 is 16.4 Å². The van der Waals surface area contributed by atoms with Crippen LogP contribution < -0.4 is 16.4 Å². The number of aryl methyl sites for hydroxylation is 1. The van der Waals surface area contributed by atoms with Crippen LogP contribution in [0, 0.1) is 6.92 Å². The second-order valence-corrected chi connectivity index (χ2v) is 8.00. The molecule has 1 atom stereocenters. The topological polar surface area (TPSA) is 84.2 Å². The molecule has 0 aliphatic heterocycles. The van der Waals surface area contributed by atoms with Crippen molar-refractivity contribution in [2.75, 3.05) is 11.9 Å². The van der Waals surface area contributed by atoms with Gasteiger partial charge >= 0.3 is 0 Å². The number of rotatable bonds is 10. The largest absolute Gasteiger partial charge is 0.344 e. The fourth-order valence-corrected chi connectivity index (χ4v) is 3.50. The molecule has 3 aromatic rings. The number of carbonyl (C=O) groups is 2. The van der Waals surface area contributed by atoms with E-state index >= 15 is 0 Å². The molecular formula is C27H31N3O2. The van der Waals surface area contributed by atoms with Gasteiger partial charge in [-0.05, 0) is 61.6 Å². The van der Waals surface area contributed by atoms with Gasteiger partial charge in [0.25, 0.3) is 0 Å². The van der Waals surface area contributed by atoms with E-state index in [1.807, 2.05) is 73.7 Å². The first kappa shape index (κ1) is 23.2. The first-order valence-corrected chi connectivity index (χ1v) is 11.1. The highest BCUT2D eigenvalue weighted by Gasteiger charge is 2.20. The molecule has 5 nitrogen and oxygen atoms in total. The molecule has 0 bridgehead atoms. The van der Waals surface area contributed by atoms with Crippen LogP contribution >= 0.6 is 0 Å². The number of carbonyl (C=O) groups excluding carboxylic acids is 2. The monoisotopic (exact) mass is 429 g/mol. The fourth-order valence-electron chi connectivity index (χ4n) is 3.50. The Balaban J connectivity index is 1.61. The van der Waals surface area contributed by atoms with Crippen LogP contribution in [0.2, 0.25) is 0 Å². The van der Waals surface area contributed by atoms with Gasteiger partial charge in [0, 0.05) is 5.69 Å². The second-order valence-electron chi connectivity index (χ2n) is 8.00. The predicted molar refractivity (Wildman–Crippen MR) is 130 cm³/mol. The fraction of sp³-hybridized carbons (Fsp3) is 0.259. The molecular weight excluding hydrogens is 398 g/mol. The quantitative estimate of drug-likeness (QED) is 0.416. The van der Waals surface area contributed by atoms with Crippen LogP contribution in [0.25, 0.3) is 11.1 Å². The van der Waals surface area contributed by atoms with E-state index in [2.05, 4.69) is 22.8 Å². The summed E-state index contributed by atoms with van der Waals surface area (Å²) in [7, 11) is 0. The molecule has 0 radical (unpaired) electrons. The van der Waals surface area contributed by atoms with Crippen molar-refractivity contribution in [3.05, 3.63) is 90.0 Å². The van der Waals surface area contributed by atoms with Crippen LogP contribution in [0.15, 0.2) is 78.9 Å². The van der Waals surface area contributed by atoms with Crippen molar-refractivity contribution in [2.24, 2.45) is 5.73 Å². The highest BCUT2D eigenvalue weighted by atomic mass is 16.2. The van der Waals surface area contributed by atoms with E-state index in [0.29, 0.717) is 13.0 Å².